The highest BCUT2D eigenvalue weighted by Crippen LogP contribution is 2.31. The van der Waals surface area contributed by atoms with Crippen LogP contribution < -0.4 is 10.1 Å². The Hall–Kier alpha value is -1.11. The van der Waals surface area contributed by atoms with E-state index >= 15 is 0 Å². The van der Waals surface area contributed by atoms with E-state index in [0.717, 1.165) is 19.4 Å². The number of hydrogen-bond acceptors (Lipinski definition) is 4. The van der Waals surface area contributed by atoms with Gasteiger partial charge in [-0.3, -0.25) is 0 Å². The van der Waals surface area contributed by atoms with E-state index in [9.17, 15) is 8.42 Å². The van der Waals surface area contributed by atoms with Crippen LogP contribution in [0.2, 0.25) is 0 Å². The summed E-state index contributed by atoms with van der Waals surface area (Å²) in [5.74, 6) is 1.22. The van der Waals surface area contributed by atoms with Gasteiger partial charge in [-0.05, 0) is 50.1 Å². The molecule has 1 fully saturated rings. The third-order valence-corrected chi connectivity index (χ3v) is 5.20. The van der Waals surface area contributed by atoms with Crippen molar-refractivity contribution in [2.75, 3.05) is 33.8 Å². The van der Waals surface area contributed by atoms with Gasteiger partial charge in [-0.15, -0.1) is 0 Å². The van der Waals surface area contributed by atoms with Crippen molar-refractivity contribution in [1.82, 2.24) is 9.62 Å². The standard InChI is InChI=1S/C14H22N2O3S/c1-15-9-10-19-13-5-7-14(8-6-13)20(17,18)16(2)11-12-3-4-12/h5-8,12,15H,3-4,9-11H2,1-2H3. The van der Waals surface area contributed by atoms with Crippen LogP contribution in [0.1, 0.15) is 12.8 Å². The first-order valence-corrected chi connectivity index (χ1v) is 8.32. The van der Waals surface area contributed by atoms with Crippen LogP contribution in [0, 0.1) is 5.92 Å². The van der Waals surface area contributed by atoms with Crippen molar-refractivity contribution in [3.63, 3.8) is 0 Å². The van der Waals surface area contributed by atoms with E-state index in [1.807, 2.05) is 7.05 Å². The van der Waals surface area contributed by atoms with Gasteiger partial charge in [-0.1, -0.05) is 0 Å². The van der Waals surface area contributed by atoms with Crippen molar-refractivity contribution in [2.24, 2.45) is 5.92 Å². The first-order valence-electron chi connectivity index (χ1n) is 6.88. The maximum absolute atomic E-state index is 12.3. The van der Waals surface area contributed by atoms with E-state index in [-0.39, 0.29) is 0 Å². The summed E-state index contributed by atoms with van der Waals surface area (Å²) in [6.45, 7) is 1.93. The molecular weight excluding hydrogens is 276 g/mol. The highest BCUT2D eigenvalue weighted by molar-refractivity contribution is 7.89. The Bertz CT molecular complexity index is 524. The molecule has 0 atom stereocenters. The van der Waals surface area contributed by atoms with E-state index in [1.54, 1.807) is 31.3 Å². The second-order valence-electron chi connectivity index (χ2n) is 5.15. The molecule has 0 bridgehead atoms. The Labute approximate surface area is 121 Å². The molecule has 0 aromatic heterocycles. The number of nitrogens with one attached hydrogen (secondary N) is 1. The monoisotopic (exact) mass is 298 g/mol. The number of ether oxygens (including phenoxy) is 1. The summed E-state index contributed by atoms with van der Waals surface area (Å²) in [6, 6.07) is 6.61. The lowest BCUT2D eigenvalue weighted by atomic mass is 10.3. The van der Waals surface area contributed by atoms with Crippen molar-refractivity contribution < 1.29 is 13.2 Å². The molecule has 0 amide bonds. The van der Waals surface area contributed by atoms with Crippen LogP contribution in [0.25, 0.3) is 0 Å². The third kappa shape index (κ3) is 3.94. The zero-order chi connectivity index (χ0) is 14.6. The summed E-state index contributed by atoms with van der Waals surface area (Å²) in [6.07, 6.45) is 2.27. The van der Waals surface area contributed by atoms with E-state index in [1.165, 1.54) is 4.31 Å². The minimum absolute atomic E-state index is 0.321. The molecule has 0 heterocycles. The molecule has 5 nitrogen and oxygen atoms in total. The van der Waals surface area contributed by atoms with Crippen LogP contribution in [-0.4, -0.2) is 46.5 Å². The molecule has 112 valence electrons. The van der Waals surface area contributed by atoms with Crippen LogP contribution in [0.4, 0.5) is 0 Å². The Morgan fingerprint density at radius 2 is 1.95 bits per heavy atom. The van der Waals surface area contributed by atoms with Gasteiger partial charge in [-0.2, -0.15) is 0 Å². The molecule has 0 radical (unpaired) electrons. The number of sulfonamides is 1. The Balaban J connectivity index is 2.00. The highest BCUT2D eigenvalue weighted by atomic mass is 32.2. The van der Waals surface area contributed by atoms with Crippen molar-refractivity contribution in [2.45, 2.75) is 17.7 Å². The molecule has 0 spiro atoms. The number of rotatable bonds is 8. The maximum atomic E-state index is 12.3. The van der Waals surface area contributed by atoms with Gasteiger partial charge in [0.1, 0.15) is 12.4 Å². The first-order chi connectivity index (χ1) is 9.54. The number of likely N-dealkylation sites (N-methyl/N-ethyl adjacent to an activating group) is 1. The molecule has 0 aliphatic heterocycles. The largest absolute Gasteiger partial charge is 0.492 e. The first kappa shape index (κ1) is 15.3. The fourth-order valence-corrected chi connectivity index (χ4v) is 3.17. The van der Waals surface area contributed by atoms with Crippen molar-refractivity contribution in [3.8, 4) is 5.75 Å². The number of benzene rings is 1. The fraction of sp³-hybridized carbons (Fsp3) is 0.571. The third-order valence-electron chi connectivity index (χ3n) is 3.36. The quantitative estimate of drug-likeness (QED) is 0.735. The lowest BCUT2D eigenvalue weighted by Gasteiger charge is -2.17. The second-order valence-corrected chi connectivity index (χ2v) is 7.20. The Morgan fingerprint density at radius 1 is 1.30 bits per heavy atom. The van der Waals surface area contributed by atoms with Crippen molar-refractivity contribution in [1.29, 1.82) is 0 Å². The molecule has 1 N–H and O–H groups in total. The molecule has 0 unspecified atom stereocenters. The predicted molar refractivity (Wildman–Crippen MR) is 78.4 cm³/mol. The molecule has 20 heavy (non-hydrogen) atoms. The zero-order valence-corrected chi connectivity index (χ0v) is 12.8. The molecule has 1 aromatic rings. The normalized spacial score (nSPS) is 15.6. The highest BCUT2D eigenvalue weighted by Gasteiger charge is 2.29. The van der Waals surface area contributed by atoms with Gasteiger partial charge in [0.05, 0.1) is 4.90 Å². The lowest BCUT2D eigenvalue weighted by Crippen LogP contribution is -2.28. The van der Waals surface area contributed by atoms with Crippen LogP contribution in [0.3, 0.4) is 0 Å². The summed E-state index contributed by atoms with van der Waals surface area (Å²) < 4.78 is 31.6. The summed E-state index contributed by atoms with van der Waals surface area (Å²) in [7, 11) is 0.129. The number of hydrogen-bond donors (Lipinski definition) is 1. The molecule has 2 rings (SSSR count). The zero-order valence-electron chi connectivity index (χ0n) is 12.0. The minimum Gasteiger partial charge on any atom is -0.492 e. The summed E-state index contributed by atoms with van der Waals surface area (Å²) >= 11 is 0. The lowest BCUT2D eigenvalue weighted by molar-refractivity contribution is 0.318. The van der Waals surface area contributed by atoms with Gasteiger partial charge in [0.2, 0.25) is 10.0 Å². The van der Waals surface area contributed by atoms with E-state index in [4.69, 9.17) is 4.74 Å². The van der Waals surface area contributed by atoms with Crippen molar-refractivity contribution >= 4 is 10.0 Å². The van der Waals surface area contributed by atoms with E-state index < -0.39 is 10.0 Å². The maximum Gasteiger partial charge on any atom is 0.242 e. The van der Waals surface area contributed by atoms with Crippen LogP contribution in [0.15, 0.2) is 29.2 Å². The average Bonchev–Trinajstić information content (AvgIpc) is 3.23. The van der Waals surface area contributed by atoms with Crippen LogP contribution in [-0.2, 0) is 10.0 Å². The Morgan fingerprint density at radius 3 is 2.50 bits per heavy atom. The Kier molecular flexibility index (Phi) is 5.01. The summed E-state index contributed by atoms with van der Waals surface area (Å²) in [5.41, 5.74) is 0. The van der Waals surface area contributed by atoms with Crippen molar-refractivity contribution in [3.05, 3.63) is 24.3 Å². The minimum atomic E-state index is -3.37. The molecule has 1 aliphatic carbocycles. The van der Waals surface area contributed by atoms with Gasteiger partial charge < -0.3 is 10.1 Å². The summed E-state index contributed by atoms with van der Waals surface area (Å²) in [4.78, 5) is 0.321. The van der Waals surface area contributed by atoms with Gasteiger partial charge in [0, 0.05) is 20.1 Å². The van der Waals surface area contributed by atoms with E-state index in [2.05, 4.69) is 5.32 Å². The molecular formula is C14H22N2O3S. The van der Waals surface area contributed by atoms with E-state index in [0.29, 0.717) is 29.7 Å². The fourth-order valence-electron chi connectivity index (χ4n) is 1.92. The molecule has 6 heteroatoms. The topological polar surface area (TPSA) is 58.6 Å². The number of nitrogens with zero attached hydrogens (tertiary/aromatic N) is 1. The van der Waals surface area contributed by atoms with Gasteiger partial charge in [0.15, 0.2) is 0 Å². The van der Waals surface area contributed by atoms with Crippen LogP contribution in [0.5, 0.6) is 5.75 Å². The van der Waals surface area contributed by atoms with Crippen LogP contribution >= 0.6 is 0 Å². The summed E-state index contributed by atoms with van der Waals surface area (Å²) in [5, 5.41) is 2.99. The smallest absolute Gasteiger partial charge is 0.242 e. The second kappa shape index (κ2) is 6.56. The average molecular weight is 298 g/mol. The molecule has 0 saturated heterocycles. The van der Waals surface area contributed by atoms with Gasteiger partial charge in [0.25, 0.3) is 0 Å². The molecule has 1 aliphatic rings. The SMILES string of the molecule is CNCCOc1ccc(S(=O)(=O)N(C)CC2CC2)cc1. The van der Waals surface area contributed by atoms with Gasteiger partial charge >= 0.3 is 0 Å². The predicted octanol–water partition coefficient (Wildman–Crippen LogP) is 1.32. The molecule has 1 saturated carbocycles. The van der Waals surface area contributed by atoms with Gasteiger partial charge in [-0.25, -0.2) is 12.7 Å². The molecule has 1 aromatic carbocycles.